The average Bonchev–Trinajstić information content (AvgIpc) is 2.44. The van der Waals surface area contributed by atoms with Crippen LogP contribution in [0, 0.1) is 0 Å². The van der Waals surface area contributed by atoms with Gasteiger partial charge in [0.1, 0.15) is 5.82 Å². The molecule has 0 bridgehead atoms. The molecule has 1 saturated heterocycles. The van der Waals surface area contributed by atoms with Gasteiger partial charge in [0.05, 0.1) is 11.1 Å². The Kier molecular flexibility index (Phi) is 2.85. The second-order valence-corrected chi connectivity index (χ2v) is 4.78. The Morgan fingerprint density at radius 3 is 2.89 bits per heavy atom. The van der Waals surface area contributed by atoms with Crippen molar-refractivity contribution in [3.63, 3.8) is 0 Å². The van der Waals surface area contributed by atoms with Gasteiger partial charge in [-0.1, -0.05) is 0 Å². The minimum Gasteiger partial charge on any atom is -0.540 e. The summed E-state index contributed by atoms with van der Waals surface area (Å²) in [7, 11) is 1.36. The van der Waals surface area contributed by atoms with Gasteiger partial charge in [0.15, 0.2) is 0 Å². The number of pyridine rings is 2. The fourth-order valence-corrected chi connectivity index (χ4v) is 2.25. The second-order valence-electron chi connectivity index (χ2n) is 4.78. The third kappa shape index (κ3) is 2.03. The molecule has 3 heterocycles. The molecule has 3 rings (SSSR count). The van der Waals surface area contributed by atoms with Crippen molar-refractivity contribution < 1.29 is 9.45 Å². The number of anilines is 1. The highest BCUT2D eigenvalue weighted by molar-refractivity contribution is 6.09. The molecule has 1 aliphatic rings. The number of carbonyl (C=O) groups is 1. The van der Waals surface area contributed by atoms with Crippen LogP contribution in [0.1, 0.15) is 23.7 Å². The van der Waals surface area contributed by atoms with Crippen molar-refractivity contribution in [3.8, 4) is 0 Å². The number of fused-ring (bicyclic) bond motifs is 1. The first-order valence-electron chi connectivity index (χ1n) is 6.30. The van der Waals surface area contributed by atoms with Gasteiger partial charge in [-0.3, -0.25) is 4.98 Å². The number of nitrogens with zero attached hydrogens (tertiary/aromatic N) is 3. The summed E-state index contributed by atoms with van der Waals surface area (Å²) in [4.78, 5) is 22.4. The van der Waals surface area contributed by atoms with E-state index in [2.05, 4.69) is 26.4 Å². The van der Waals surface area contributed by atoms with E-state index >= 15 is 0 Å². The number of hydrogen-bond donors (Lipinski definition) is 0. The van der Waals surface area contributed by atoms with Gasteiger partial charge in [0, 0.05) is 36.4 Å². The highest BCUT2D eigenvalue weighted by atomic mass is 16.5. The molecule has 6 heteroatoms. The van der Waals surface area contributed by atoms with E-state index in [1.54, 1.807) is 12.3 Å². The Morgan fingerprint density at radius 1 is 1.42 bits per heavy atom. The maximum atomic E-state index is 11.4. The highest BCUT2D eigenvalue weighted by Crippen LogP contribution is 2.26. The maximum Gasteiger partial charge on any atom is 0.326 e. The van der Waals surface area contributed by atoms with Crippen LogP contribution in [-0.4, -0.2) is 36.6 Å². The summed E-state index contributed by atoms with van der Waals surface area (Å²) in [5.74, 6) is 0.569. The third-order valence-electron chi connectivity index (χ3n) is 3.59. The Bertz CT molecular complexity index is 647. The van der Waals surface area contributed by atoms with Gasteiger partial charge in [-0.15, -0.1) is 0 Å². The smallest absolute Gasteiger partial charge is 0.326 e. The minimum absolute atomic E-state index is 0.380. The molecular weight excluding hydrogens is 241 g/mol. The first-order chi connectivity index (χ1) is 9.19. The Labute approximate surface area is 112 Å². The Morgan fingerprint density at radius 2 is 2.26 bits per heavy atom. The molecule has 0 amide bonds. The molecule has 0 saturated carbocycles. The van der Waals surface area contributed by atoms with Crippen molar-refractivity contribution in [2.75, 3.05) is 11.4 Å². The summed E-state index contributed by atoms with van der Waals surface area (Å²) >= 11 is 0. The molecule has 0 aromatic carbocycles. The standard InChI is InChI=1S/C13H14BN3O2/c1-8-2-3-17(8)12-5-11-9(6-16-12)4-10(7-15-11)13(18)19-14/h4-8H,2-3,14H2,1H3/t8-/m0/s1. The number of hydrogen-bond acceptors (Lipinski definition) is 5. The van der Waals surface area contributed by atoms with E-state index in [1.165, 1.54) is 20.7 Å². The average molecular weight is 255 g/mol. The van der Waals surface area contributed by atoms with E-state index in [0.717, 1.165) is 23.3 Å². The van der Waals surface area contributed by atoms with Crippen molar-refractivity contribution in [2.24, 2.45) is 0 Å². The van der Waals surface area contributed by atoms with Crippen molar-refractivity contribution in [2.45, 2.75) is 19.4 Å². The van der Waals surface area contributed by atoms with Gasteiger partial charge in [0.2, 0.25) is 0 Å². The quantitative estimate of drug-likeness (QED) is 0.747. The van der Waals surface area contributed by atoms with Crippen LogP contribution < -0.4 is 4.90 Å². The molecule has 1 atom stereocenters. The molecule has 1 fully saturated rings. The van der Waals surface area contributed by atoms with Gasteiger partial charge < -0.3 is 9.55 Å². The Hall–Kier alpha value is -2.11. The third-order valence-corrected chi connectivity index (χ3v) is 3.59. The SMILES string of the molecule is BOC(=O)c1cnc2cc(N3CC[C@@H]3C)ncc2c1. The van der Waals surface area contributed by atoms with Crippen molar-refractivity contribution >= 4 is 30.7 Å². The van der Waals surface area contributed by atoms with Crippen LogP contribution in [0.15, 0.2) is 24.5 Å². The molecule has 0 aliphatic carbocycles. The lowest BCUT2D eigenvalue weighted by Crippen LogP contribution is -2.46. The molecule has 0 N–H and O–H groups in total. The summed E-state index contributed by atoms with van der Waals surface area (Å²) < 4.78 is 4.68. The van der Waals surface area contributed by atoms with Crippen LogP contribution in [0.5, 0.6) is 0 Å². The molecule has 2 aromatic heterocycles. The lowest BCUT2D eigenvalue weighted by Gasteiger charge is -2.39. The zero-order valence-electron chi connectivity index (χ0n) is 11.0. The lowest BCUT2D eigenvalue weighted by atomic mass is 10.1. The fourth-order valence-electron chi connectivity index (χ4n) is 2.25. The van der Waals surface area contributed by atoms with Crippen LogP contribution >= 0.6 is 0 Å². The molecule has 0 unspecified atom stereocenters. The monoisotopic (exact) mass is 255 g/mol. The van der Waals surface area contributed by atoms with E-state index in [1.807, 2.05) is 6.07 Å². The van der Waals surface area contributed by atoms with Gasteiger partial charge in [-0.2, -0.15) is 0 Å². The number of carbonyl (C=O) groups excluding carboxylic acids is 1. The van der Waals surface area contributed by atoms with Gasteiger partial charge in [0.25, 0.3) is 0 Å². The number of aromatic nitrogens is 2. The van der Waals surface area contributed by atoms with E-state index in [0.29, 0.717) is 11.6 Å². The normalized spacial score (nSPS) is 18.2. The topological polar surface area (TPSA) is 55.3 Å². The van der Waals surface area contributed by atoms with Crippen molar-refractivity contribution in [1.82, 2.24) is 9.97 Å². The number of rotatable bonds is 2. The van der Waals surface area contributed by atoms with E-state index in [4.69, 9.17) is 0 Å². The first kappa shape index (κ1) is 12.0. The molecule has 0 radical (unpaired) electrons. The van der Waals surface area contributed by atoms with E-state index in [9.17, 15) is 4.79 Å². The van der Waals surface area contributed by atoms with Crippen LogP contribution in [0.3, 0.4) is 0 Å². The summed E-state index contributed by atoms with van der Waals surface area (Å²) in [5.41, 5.74) is 1.29. The molecule has 96 valence electrons. The zero-order valence-corrected chi connectivity index (χ0v) is 11.0. The molecular formula is C13H14BN3O2. The van der Waals surface area contributed by atoms with Gasteiger partial charge in [-0.25, -0.2) is 9.78 Å². The molecule has 2 aromatic rings. The minimum atomic E-state index is -0.380. The fraction of sp³-hybridized carbons (Fsp3) is 0.308. The summed E-state index contributed by atoms with van der Waals surface area (Å²) in [6, 6.07) is 4.26. The second kappa shape index (κ2) is 4.53. The predicted molar refractivity (Wildman–Crippen MR) is 74.9 cm³/mol. The summed E-state index contributed by atoms with van der Waals surface area (Å²) in [5, 5.41) is 0.847. The van der Waals surface area contributed by atoms with Crippen LogP contribution in [0.4, 0.5) is 5.82 Å². The lowest BCUT2D eigenvalue weighted by molar-refractivity contribution is 0.0749. The maximum absolute atomic E-state index is 11.4. The predicted octanol–water partition coefficient (Wildman–Crippen LogP) is 0.933. The molecule has 5 nitrogen and oxygen atoms in total. The highest BCUT2D eigenvalue weighted by Gasteiger charge is 2.24. The Balaban J connectivity index is 1.98. The molecule has 19 heavy (non-hydrogen) atoms. The summed E-state index contributed by atoms with van der Waals surface area (Å²) in [6.45, 7) is 3.23. The molecule has 1 aliphatic heterocycles. The molecule has 0 spiro atoms. The van der Waals surface area contributed by atoms with Crippen LogP contribution in [-0.2, 0) is 4.65 Å². The van der Waals surface area contributed by atoms with Crippen LogP contribution in [0.2, 0.25) is 0 Å². The van der Waals surface area contributed by atoms with Gasteiger partial charge >= 0.3 is 14.0 Å². The zero-order chi connectivity index (χ0) is 13.4. The van der Waals surface area contributed by atoms with Crippen molar-refractivity contribution in [3.05, 3.63) is 30.1 Å². The first-order valence-corrected chi connectivity index (χ1v) is 6.30. The van der Waals surface area contributed by atoms with Crippen molar-refractivity contribution in [1.29, 1.82) is 0 Å². The van der Waals surface area contributed by atoms with E-state index in [-0.39, 0.29) is 5.97 Å². The summed E-state index contributed by atoms with van der Waals surface area (Å²) in [6.07, 6.45) is 4.50. The van der Waals surface area contributed by atoms with Crippen LogP contribution in [0.25, 0.3) is 10.9 Å². The van der Waals surface area contributed by atoms with Gasteiger partial charge in [-0.05, 0) is 19.4 Å². The van der Waals surface area contributed by atoms with E-state index < -0.39 is 0 Å². The largest absolute Gasteiger partial charge is 0.540 e.